The Morgan fingerprint density at radius 2 is 1.76 bits per heavy atom. The number of imidazole rings is 1. The SMILES string of the molecule is COc1nc(C)c2nc(-c3cncc(F)c3)n(Cc3ccc(CN4C[C@@H]5C[C@H]4CN5C(=O)OC(C)(C)C)cc3)c2n1. The lowest BCUT2D eigenvalue weighted by Gasteiger charge is -2.35. The lowest BCUT2D eigenvalue weighted by atomic mass is 10.1. The number of hydrogen-bond acceptors (Lipinski definition) is 8. The summed E-state index contributed by atoms with van der Waals surface area (Å²) in [7, 11) is 1.53. The van der Waals surface area contributed by atoms with Crippen molar-refractivity contribution in [2.45, 2.75) is 64.9 Å². The molecule has 4 aromatic rings. The molecule has 0 radical (unpaired) electrons. The molecule has 1 aromatic carbocycles. The summed E-state index contributed by atoms with van der Waals surface area (Å²) < 4.78 is 26.9. The number of ether oxygens (including phenoxy) is 2. The molecule has 214 valence electrons. The van der Waals surface area contributed by atoms with E-state index in [9.17, 15) is 9.18 Å². The lowest BCUT2D eigenvalue weighted by Crippen LogP contribution is -2.49. The van der Waals surface area contributed by atoms with Crippen molar-refractivity contribution < 1.29 is 18.7 Å². The highest BCUT2D eigenvalue weighted by atomic mass is 19.1. The number of nitrogens with zero attached hydrogens (tertiary/aromatic N) is 7. The summed E-state index contributed by atoms with van der Waals surface area (Å²) in [5.74, 6) is 0.125. The molecule has 5 heterocycles. The second-order valence-electron chi connectivity index (χ2n) is 11.8. The molecule has 2 saturated heterocycles. The number of aromatic nitrogens is 5. The van der Waals surface area contributed by atoms with Crippen molar-refractivity contribution in [3.05, 3.63) is 65.4 Å². The van der Waals surface area contributed by atoms with E-state index in [0.29, 0.717) is 47.4 Å². The predicted octanol–water partition coefficient (Wildman–Crippen LogP) is 4.59. The molecule has 41 heavy (non-hydrogen) atoms. The molecule has 0 aliphatic carbocycles. The number of carbonyl (C=O) groups is 1. The number of benzene rings is 1. The molecule has 2 atom stereocenters. The summed E-state index contributed by atoms with van der Waals surface area (Å²) in [6.07, 6.45) is 3.53. The zero-order chi connectivity index (χ0) is 28.9. The van der Waals surface area contributed by atoms with Gasteiger partial charge in [0.25, 0.3) is 0 Å². The lowest BCUT2D eigenvalue weighted by molar-refractivity contribution is 0.0124. The number of pyridine rings is 1. The second-order valence-corrected chi connectivity index (χ2v) is 11.8. The zero-order valence-corrected chi connectivity index (χ0v) is 24.0. The summed E-state index contributed by atoms with van der Waals surface area (Å²) in [6, 6.07) is 10.7. The topological polar surface area (TPSA) is 98.5 Å². The van der Waals surface area contributed by atoms with Crippen LogP contribution in [0, 0.1) is 12.7 Å². The number of aryl methyl sites for hydroxylation is 1. The van der Waals surface area contributed by atoms with Crippen LogP contribution in [0.2, 0.25) is 0 Å². The van der Waals surface area contributed by atoms with Gasteiger partial charge in [0, 0.05) is 43.5 Å². The number of fused-ring (bicyclic) bond motifs is 3. The second kappa shape index (κ2) is 10.4. The van der Waals surface area contributed by atoms with Gasteiger partial charge in [-0.1, -0.05) is 24.3 Å². The average Bonchev–Trinajstić information content (AvgIpc) is 3.62. The molecular formula is C30H34FN7O3. The number of methoxy groups -OCH3 is 1. The number of amides is 1. The van der Waals surface area contributed by atoms with Crippen molar-refractivity contribution >= 4 is 17.3 Å². The number of likely N-dealkylation sites (tertiary alicyclic amines) is 2. The van der Waals surface area contributed by atoms with E-state index in [4.69, 9.17) is 14.5 Å². The average molecular weight is 560 g/mol. The van der Waals surface area contributed by atoms with Gasteiger partial charge in [-0.15, -0.1) is 0 Å². The molecule has 3 aromatic heterocycles. The third-order valence-electron chi connectivity index (χ3n) is 7.63. The maximum Gasteiger partial charge on any atom is 0.410 e. The molecule has 11 heteroatoms. The van der Waals surface area contributed by atoms with Crippen LogP contribution in [0.1, 0.15) is 44.0 Å². The van der Waals surface area contributed by atoms with Crippen molar-refractivity contribution in [1.29, 1.82) is 0 Å². The number of halogens is 1. The smallest absolute Gasteiger partial charge is 0.410 e. The van der Waals surface area contributed by atoms with Crippen molar-refractivity contribution in [2.24, 2.45) is 0 Å². The first kappa shape index (κ1) is 27.1. The molecule has 2 aliphatic rings. The Hall–Kier alpha value is -4.12. The summed E-state index contributed by atoms with van der Waals surface area (Å²) in [4.78, 5) is 34.7. The van der Waals surface area contributed by atoms with Gasteiger partial charge in [-0.25, -0.2) is 14.2 Å². The highest BCUT2D eigenvalue weighted by Crippen LogP contribution is 2.33. The molecule has 0 N–H and O–H groups in total. The molecule has 10 nitrogen and oxygen atoms in total. The first-order valence-corrected chi connectivity index (χ1v) is 13.8. The maximum atomic E-state index is 14.1. The highest BCUT2D eigenvalue weighted by Gasteiger charge is 2.46. The fourth-order valence-corrected chi connectivity index (χ4v) is 5.76. The van der Waals surface area contributed by atoms with Gasteiger partial charge in [-0.05, 0) is 51.3 Å². The number of carbonyl (C=O) groups excluding carboxylic acids is 1. The normalized spacial score (nSPS) is 18.8. The maximum absolute atomic E-state index is 14.1. The summed E-state index contributed by atoms with van der Waals surface area (Å²) >= 11 is 0. The quantitative estimate of drug-likeness (QED) is 0.339. The van der Waals surface area contributed by atoms with Crippen LogP contribution in [0.3, 0.4) is 0 Å². The van der Waals surface area contributed by atoms with Gasteiger partial charge in [0.2, 0.25) is 0 Å². The van der Waals surface area contributed by atoms with Crippen LogP contribution < -0.4 is 4.74 Å². The molecule has 6 rings (SSSR count). The minimum absolute atomic E-state index is 0.196. The summed E-state index contributed by atoms with van der Waals surface area (Å²) in [5.41, 5.74) is 4.24. The van der Waals surface area contributed by atoms with E-state index in [1.54, 1.807) is 6.20 Å². The molecule has 2 bridgehead atoms. The predicted molar refractivity (Wildman–Crippen MR) is 151 cm³/mol. The van der Waals surface area contributed by atoms with Gasteiger partial charge in [0.15, 0.2) is 5.65 Å². The summed E-state index contributed by atoms with van der Waals surface area (Å²) in [6.45, 7) is 10.4. The van der Waals surface area contributed by atoms with E-state index in [1.165, 1.54) is 24.9 Å². The van der Waals surface area contributed by atoms with E-state index in [-0.39, 0.29) is 18.1 Å². The van der Waals surface area contributed by atoms with Crippen LogP contribution in [-0.2, 0) is 17.8 Å². The van der Waals surface area contributed by atoms with E-state index in [1.807, 2.05) is 37.2 Å². The third-order valence-corrected chi connectivity index (χ3v) is 7.63. The Kier molecular flexibility index (Phi) is 6.85. The van der Waals surface area contributed by atoms with Crippen LogP contribution in [0.5, 0.6) is 6.01 Å². The number of hydrogen-bond donors (Lipinski definition) is 0. The van der Waals surface area contributed by atoms with Gasteiger partial charge in [0.05, 0.1) is 25.5 Å². The Bertz CT molecular complexity index is 1600. The first-order valence-electron chi connectivity index (χ1n) is 13.8. The number of rotatable bonds is 6. The minimum Gasteiger partial charge on any atom is -0.467 e. The van der Waals surface area contributed by atoms with Crippen LogP contribution in [0.25, 0.3) is 22.6 Å². The van der Waals surface area contributed by atoms with Crippen molar-refractivity contribution in [2.75, 3.05) is 20.2 Å². The minimum atomic E-state index is -0.490. The largest absolute Gasteiger partial charge is 0.467 e. The molecule has 1 amide bonds. The fraction of sp³-hybridized carbons (Fsp3) is 0.433. The summed E-state index contributed by atoms with van der Waals surface area (Å²) in [5, 5.41) is 0. The Morgan fingerprint density at radius 1 is 1.02 bits per heavy atom. The van der Waals surface area contributed by atoms with Crippen LogP contribution in [0.4, 0.5) is 9.18 Å². The molecule has 0 saturated carbocycles. The standard InChI is InChI=1S/C30H34FN7O3/c1-18-25-27(35-28(33-18)40-5)38(26(34-25)21-10-22(31)13-32-12-21)15-20-8-6-19(7-9-20)14-36-16-24-11-23(36)17-37(24)29(39)41-30(2,3)4/h6-10,12-13,23-24H,11,14-17H2,1-5H3/t23-,24-/m0/s1. The molecule has 2 fully saturated rings. The number of piperazine rings is 1. The zero-order valence-electron chi connectivity index (χ0n) is 24.0. The van der Waals surface area contributed by atoms with E-state index >= 15 is 0 Å². The van der Waals surface area contributed by atoms with Crippen molar-refractivity contribution in [3.8, 4) is 17.4 Å². The fourth-order valence-electron chi connectivity index (χ4n) is 5.76. The molecule has 2 aliphatic heterocycles. The Balaban J connectivity index is 1.20. The van der Waals surface area contributed by atoms with Gasteiger partial charge in [0.1, 0.15) is 22.8 Å². The van der Waals surface area contributed by atoms with Gasteiger partial charge < -0.3 is 18.9 Å². The Labute approximate surface area is 238 Å². The highest BCUT2D eigenvalue weighted by molar-refractivity contribution is 5.79. The van der Waals surface area contributed by atoms with Crippen molar-refractivity contribution in [3.63, 3.8) is 0 Å². The van der Waals surface area contributed by atoms with Gasteiger partial charge in [-0.3, -0.25) is 9.88 Å². The molecule has 0 unspecified atom stereocenters. The monoisotopic (exact) mass is 559 g/mol. The third kappa shape index (κ3) is 5.46. The Morgan fingerprint density at radius 3 is 2.39 bits per heavy atom. The van der Waals surface area contributed by atoms with Crippen LogP contribution in [0.15, 0.2) is 42.7 Å². The van der Waals surface area contributed by atoms with E-state index in [2.05, 4.69) is 44.1 Å². The molecular weight excluding hydrogens is 525 g/mol. The van der Waals surface area contributed by atoms with Crippen LogP contribution in [-0.4, -0.2) is 78.3 Å². The van der Waals surface area contributed by atoms with E-state index in [0.717, 1.165) is 25.1 Å². The first-order chi connectivity index (χ1) is 19.6. The molecule has 0 spiro atoms. The van der Waals surface area contributed by atoms with Gasteiger partial charge >= 0.3 is 12.1 Å². The van der Waals surface area contributed by atoms with Crippen molar-refractivity contribution in [1.82, 2.24) is 34.3 Å². The van der Waals surface area contributed by atoms with E-state index < -0.39 is 11.4 Å². The van der Waals surface area contributed by atoms with Crippen LogP contribution >= 0.6 is 0 Å². The van der Waals surface area contributed by atoms with Gasteiger partial charge in [-0.2, -0.15) is 9.97 Å².